The van der Waals surface area contributed by atoms with Crippen LogP contribution in [0, 0.1) is 5.82 Å². The molecule has 0 fully saturated rings. The van der Waals surface area contributed by atoms with Crippen LogP contribution in [0.15, 0.2) is 34.2 Å². The first-order valence-corrected chi connectivity index (χ1v) is 7.13. The highest BCUT2D eigenvalue weighted by Crippen LogP contribution is 2.18. The Balaban J connectivity index is 2.10. The van der Waals surface area contributed by atoms with Gasteiger partial charge in [0.05, 0.1) is 0 Å². The maximum Gasteiger partial charge on any atom is 0.188 e. The van der Waals surface area contributed by atoms with Crippen molar-refractivity contribution >= 4 is 17.7 Å². The normalized spacial score (nSPS) is 11.6. The molecule has 0 aliphatic rings. The lowest BCUT2D eigenvalue weighted by molar-refractivity contribution is 0.626. The maximum absolute atomic E-state index is 12.7. The Labute approximate surface area is 112 Å². The zero-order chi connectivity index (χ0) is 13.2. The highest BCUT2D eigenvalue weighted by Gasteiger charge is 1.95. The highest BCUT2D eigenvalue weighted by molar-refractivity contribution is 7.99. The van der Waals surface area contributed by atoms with Gasteiger partial charge >= 0.3 is 0 Å². The number of hydrogen-bond donors (Lipinski definition) is 2. The molecule has 0 saturated heterocycles. The number of guanidine groups is 1. The molecule has 1 rings (SSSR count). The van der Waals surface area contributed by atoms with Crippen LogP contribution in [0.4, 0.5) is 4.39 Å². The van der Waals surface area contributed by atoms with Gasteiger partial charge in [-0.3, -0.25) is 4.99 Å². The molecule has 0 radical (unpaired) electrons. The van der Waals surface area contributed by atoms with E-state index in [-0.39, 0.29) is 5.82 Å². The van der Waals surface area contributed by atoms with Crippen molar-refractivity contribution in [2.24, 2.45) is 10.7 Å². The third kappa shape index (κ3) is 6.49. The summed E-state index contributed by atoms with van der Waals surface area (Å²) in [4.78, 5) is 5.23. The lowest BCUT2D eigenvalue weighted by Gasteiger charge is -2.05. The van der Waals surface area contributed by atoms with Gasteiger partial charge in [0.25, 0.3) is 0 Å². The zero-order valence-corrected chi connectivity index (χ0v) is 11.5. The van der Waals surface area contributed by atoms with E-state index in [0.29, 0.717) is 5.96 Å². The van der Waals surface area contributed by atoms with E-state index in [0.717, 1.165) is 36.6 Å². The van der Waals surface area contributed by atoms with Crippen molar-refractivity contribution in [3.63, 3.8) is 0 Å². The lowest BCUT2D eigenvalue weighted by Crippen LogP contribution is -2.32. The standard InChI is InChI=1S/C13H20FN3S/c1-2-8-16-13(15)17-9-3-10-18-12-6-4-11(14)5-7-12/h4-7H,2-3,8-10H2,1H3,(H3,15,16,17). The van der Waals surface area contributed by atoms with Gasteiger partial charge < -0.3 is 11.1 Å². The number of nitrogens with two attached hydrogens (primary N) is 1. The molecule has 0 unspecified atom stereocenters. The van der Waals surface area contributed by atoms with Crippen LogP contribution in [-0.4, -0.2) is 24.8 Å². The molecule has 3 N–H and O–H groups in total. The molecule has 100 valence electrons. The van der Waals surface area contributed by atoms with E-state index in [1.165, 1.54) is 12.1 Å². The molecule has 0 saturated carbocycles. The van der Waals surface area contributed by atoms with Crippen molar-refractivity contribution in [3.05, 3.63) is 30.1 Å². The number of hydrogen-bond acceptors (Lipinski definition) is 2. The molecular formula is C13H20FN3S. The average molecular weight is 269 g/mol. The monoisotopic (exact) mass is 269 g/mol. The van der Waals surface area contributed by atoms with E-state index < -0.39 is 0 Å². The van der Waals surface area contributed by atoms with Gasteiger partial charge in [0.1, 0.15) is 5.82 Å². The van der Waals surface area contributed by atoms with Crippen LogP contribution in [0.1, 0.15) is 19.8 Å². The van der Waals surface area contributed by atoms with Crippen LogP contribution in [-0.2, 0) is 0 Å². The number of nitrogens with zero attached hydrogens (tertiary/aromatic N) is 1. The minimum Gasteiger partial charge on any atom is -0.370 e. The van der Waals surface area contributed by atoms with Gasteiger partial charge in [0, 0.05) is 18.0 Å². The van der Waals surface area contributed by atoms with Crippen molar-refractivity contribution in [3.8, 4) is 0 Å². The summed E-state index contributed by atoms with van der Waals surface area (Å²) in [6.07, 6.45) is 1.99. The van der Waals surface area contributed by atoms with E-state index in [4.69, 9.17) is 5.73 Å². The van der Waals surface area contributed by atoms with Crippen molar-refractivity contribution in [2.75, 3.05) is 18.8 Å². The molecule has 0 atom stereocenters. The van der Waals surface area contributed by atoms with Crippen LogP contribution in [0.2, 0.25) is 0 Å². The second-order valence-electron chi connectivity index (χ2n) is 3.85. The molecule has 0 amide bonds. The first-order chi connectivity index (χ1) is 8.72. The molecule has 0 aliphatic heterocycles. The van der Waals surface area contributed by atoms with E-state index in [1.54, 1.807) is 23.9 Å². The van der Waals surface area contributed by atoms with E-state index in [1.807, 2.05) is 0 Å². The zero-order valence-electron chi connectivity index (χ0n) is 10.7. The molecule has 0 aliphatic carbocycles. The molecule has 0 aromatic heterocycles. The van der Waals surface area contributed by atoms with Gasteiger partial charge in [-0.25, -0.2) is 4.39 Å². The summed E-state index contributed by atoms with van der Waals surface area (Å²) in [5.41, 5.74) is 5.66. The molecular weight excluding hydrogens is 249 g/mol. The number of benzene rings is 1. The Morgan fingerprint density at radius 3 is 2.78 bits per heavy atom. The molecule has 5 heteroatoms. The first kappa shape index (κ1) is 14.8. The van der Waals surface area contributed by atoms with Crippen LogP contribution < -0.4 is 11.1 Å². The topological polar surface area (TPSA) is 50.4 Å². The van der Waals surface area contributed by atoms with E-state index in [9.17, 15) is 4.39 Å². The van der Waals surface area contributed by atoms with Crippen LogP contribution in [0.25, 0.3) is 0 Å². The lowest BCUT2D eigenvalue weighted by atomic mass is 10.4. The Bertz CT molecular complexity index is 365. The van der Waals surface area contributed by atoms with Crippen molar-refractivity contribution < 1.29 is 4.39 Å². The molecule has 0 spiro atoms. The van der Waals surface area contributed by atoms with Gasteiger partial charge in [-0.15, -0.1) is 11.8 Å². The second-order valence-corrected chi connectivity index (χ2v) is 5.02. The smallest absolute Gasteiger partial charge is 0.188 e. The Kier molecular flexibility index (Phi) is 7.25. The fourth-order valence-corrected chi connectivity index (χ4v) is 2.15. The van der Waals surface area contributed by atoms with Crippen molar-refractivity contribution in [1.29, 1.82) is 0 Å². The van der Waals surface area contributed by atoms with Crippen LogP contribution in [0.5, 0.6) is 0 Å². The molecule has 3 nitrogen and oxygen atoms in total. The summed E-state index contributed by atoms with van der Waals surface area (Å²) in [7, 11) is 0. The number of aliphatic imine (C=N–C) groups is 1. The minimum absolute atomic E-state index is 0.194. The molecule has 18 heavy (non-hydrogen) atoms. The summed E-state index contributed by atoms with van der Waals surface area (Å²) < 4.78 is 12.7. The maximum atomic E-state index is 12.7. The number of thioether (sulfide) groups is 1. The summed E-state index contributed by atoms with van der Waals surface area (Å²) in [6.45, 7) is 3.65. The second kappa shape index (κ2) is 8.80. The number of rotatable bonds is 7. The average Bonchev–Trinajstić information content (AvgIpc) is 2.38. The molecule has 0 bridgehead atoms. The molecule has 1 aromatic rings. The van der Waals surface area contributed by atoms with Crippen molar-refractivity contribution in [1.82, 2.24) is 5.32 Å². The SMILES string of the molecule is CCCN=C(N)NCCCSc1ccc(F)cc1. The summed E-state index contributed by atoms with van der Waals surface area (Å²) >= 11 is 1.71. The Hall–Kier alpha value is -1.23. The largest absolute Gasteiger partial charge is 0.370 e. The highest BCUT2D eigenvalue weighted by atomic mass is 32.2. The summed E-state index contributed by atoms with van der Waals surface area (Å²) in [5.74, 6) is 1.30. The van der Waals surface area contributed by atoms with E-state index in [2.05, 4.69) is 17.2 Å². The fourth-order valence-electron chi connectivity index (χ4n) is 1.30. The summed E-state index contributed by atoms with van der Waals surface area (Å²) in [5, 5.41) is 3.07. The fraction of sp³-hybridized carbons (Fsp3) is 0.462. The third-order valence-corrected chi connectivity index (χ3v) is 3.31. The third-order valence-electron chi connectivity index (χ3n) is 2.22. The summed E-state index contributed by atoms with van der Waals surface area (Å²) in [6, 6.07) is 6.56. The minimum atomic E-state index is -0.194. The van der Waals surface area contributed by atoms with Crippen LogP contribution >= 0.6 is 11.8 Å². The number of halogens is 1. The van der Waals surface area contributed by atoms with Gasteiger partial charge in [0.15, 0.2) is 5.96 Å². The quantitative estimate of drug-likeness (QED) is 0.346. The predicted octanol–water partition coefficient (Wildman–Crippen LogP) is 2.62. The number of nitrogens with one attached hydrogen (secondary N) is 1. The van der Waals surface area contributed by atoms with Gasteiger partial charge in [-0.2, -0.15) is 0 Å². The first-order valence-electron chi connectivity index (χ1n) is 6.14. The van der Waals surface area contributed by atoms with Crippen LogP contribution in [0.3, 0.4) is 0 Å². The Morgan fingerprint density at radius 1 is 1.39 bits per heavy atom. The van der Waals surface area contributed by atoms with Crippen molar-refractivity contribution in [2.45, 2.75) is 24.7 Å². The Morgan fingerprint density at radius 2 is 2.11 bits per heavy atom. The molecule has 1 aromatic carbocycles. The van der Waals surface area contributed by atoms with Gasteiger partial charge in [-0.1, -0.05) is 6.92 Å². The van der Waals surface area contributed by atoms with Gasteiger partial charge in [0.2, 0.25) is 0 Å². The molecule has 0 heterocycles. The van der Waals surface area contributed by atoms with E-state index >= 15 is 0 Å². The van der Waals surface area contributed by atoms with Gasteiger partial charge in [-0.05, 0) is 42.9 Å². The predicted molar refractivity (Wildman–Crippen MR) is 76.5 cm³/mol.